The van der Waals surface area contributed by atoms with Gasteiger partial charge in [0, 0.05) is 38.5 Å². The van der Waals surface area contributed by atoms with Crippen LogP contribution < -0.4 is 14.8 Å². The van der Waals surface area contributed by atoms with Gasteiger partial charge in [-0.2, -0.15) is 5.10 Å². The lowest BCUT2D eigenvalue weighted by Crippen LogP contribution is -2.37. The first-order chi connectivity index (χ1) is 11.5. The third-order valence-electron chi connectivity index (χ3n) is 3.80. The van der Waals surface area contributed by atoms with Gasteiger partial charge in [-0.1, -0.05) is 0 Å². The molecule has 0 aliphatic rings. The van der Waals surface area contributed by atoms with Gasteiger partial charge in [0.15, 0.2) is 0 Å². The highest BCUT2D eigenvalue weighted by atomic mass is 16.5. The second-order valence-corrected chi connectivity index (χ2v) is 5.58. The normalized spacial score (nSPS) is 11.9. The number of aromatic nitrogens is 2. The van der Waals surface area contributed by atoms with Crippen LogP contribution in [0.25, 0.3) is 0 Å². The van der Waals surface area contributed by atoms with E-state index >= 15 is 0 Å². The molecule has 1 amide bonds. The molecule has 1 N–H and O–H groups in total. The number of amides is 1. The first-order valence-electron chi connectivity index (χ1n) is 7.61. The monoisotopic (exact) mass is 332 g/mol. The Morgan fingerprint density at radius 2 is 1.92 bits per heavy atom. The van der Waals surface area contributed by atoms with Gasteiger partial charge >= 0.3 is 0 Å². The number of hydrogen-bond acceptors (Lipinski definition) is 5. The molecule has 7 heteroatoms. The smallest absolute Gasteiger partial charge is 0.244 e. The van der Waals surface area contributed by atoms with Gasteiger partial charge in [0.2, 0.25) is 5.91 Å². The maximum atomic E-state index is 12.8. The van der Waals surface area contributed by atoms with Crippen LogP contribution >= 0.6 is 0 Å². The fourth-order valence-corrected chi connectivity index (χ4v) is 2.55. The zero-order chi connectivity index (χ0) is 17.7. The lowest BCUT2D eigenvalue weighted by atomic mass is 10.1. The van der Waals surface area contributed by atoms with Crippen LogP contribution in [0.15, 0.2) is 30.6 Å². The summed E-state index contributed by atoms with van der Waals surface area (Å²) in [7, 11) is 8.57. The van der Waals surface area contributed by atoms with Gasteiger partial charge < -0.3 is 19.7 Å². The summed E-state index contributed by atoms with van der Waals surface area (Å²) in [4.78, 5) is 14.4. The quantitative estimate of drug-likeness (QED) is 0.829. The first-order valence-corrected chi connectivity index (χ1v) is 7.61. The number of nitrogens with zero attached hydrogens (tertiary/aromatic N) is 3. The molecule has 1 atom stereocenters. The van der Waals surface area contributed by atoms with Crippen LogP contribution in [0.2, 0.25) is 0 Å². The van der Waals surface area contributed by atoms with Crippen molar-refractivity contribution in [3.8, 4) is 11.5 Å². The van der Waals surface area contributed by atoms with Gasteiger partial charge in [-0.05, 0) is 24.7 Å². The summed E-state index contributed by atoms with van der Waals surface area (Å²) in [5, 5.41) is 7.18. The molecule has 2 aromatic rings. The number of aryl methyl sites for hydroxylation is 1. The Kier molecular flexibility index (Phi) is 5.81. The fraction of sp³-hybridized carbons (Fsp3) is 0.412. The second kappa shape index (κ2) is 7.83. The molecule has 7 nitrogen and oxygen atoms in total. The highest BCUT2D eigenvalue weighted by molar-refractivity contribution is 5.83. The number of ether oxygens (including phenoxy) is 2. The minimum atomic E-state index is -0.434. The molecule has 1 heterocycles. The van der Waals surface area contributed by atoms with Crippen LogP contribution in [0, 0.1) is 0 Å². The van der Waals surface area contributed by atoms with E-state index in [9.17, 15) is 4.79 Å². The Labute approximate surface area is 142 Å². The number of nitrogens with one attached hydrogen (secondary N) is 1. The number of likely N-dealkylation sites (N-methyl/N-ethyl adjacent to an activating group) is 2. The van der Waals surface area contributed by atoms with E-state index in [1.807, 2.05) is 25.4 Å². The minimum Gasteiger partial charge on any atom is -0.497 e. The molecule has 1 aromatic carbocycles. The average Bonchev–Trinajstić information content (AvgIpc) is 3.01. The Hall–Kier alpha value is -2.54. The first kappa shape index (κ1) is 17.8. The van der Waals surface area contributed by atoms with Crippen molar-refractivity contribution in [1.82, 2.24) is 20.0 Å². The van der Waals surface area contributed by atoms with E-state index in [2.05, 4.69) is 10.4 Å². The summed E-state index contributed by atoms with van der Waals surface area (Å²) in [6.45, 7) is 0.449. The van der Waals surface area contributed by atoms with Crippen LogP contribution in [0.5, 0.6) is 11.5 Å². The lowest BCUT2D eigenvalue weighted by Gasteiger charge is -2.23. The largest absolute Gasteiger partial charge is 0.497 e. The highest BCUT2D eigenvalue weighted by Crippen LogP contribution is 2.24. The van der Waals surface area contributed by atoms with Gasteiger partial charge in [-0.3, -0.25) is 9.48 Å². The average molecular weight is 332 g/mol. The van der Waals surface area contributed by atoms with E-state index in [-0.39, 0.29) is 5.91 Å². The van der Waals surface area contributed by atoms with Gasteiger partial charge in [-0.25, -0.2) is 0 Å². The number of methoxy groups -OCH3 is 2. The number of carbonyl (C=O) groups is 1. The van der Waals surface area contributed by atoms with E-state index < -0.39 is 6.04 Å². The van der Waals surface area contributed by atoms with E-state index in [1.54, 1.807) is 50.2 Å². The van der Waals surface area contributed by atoms with Crippen molar-refractivity contribution in [3.05, 3.63) is 41.7 Å². The number of rotatable bonds is 7. The molecular formula is C17H24N4O3. The summed E-state index contributed by atoms with van der Waals surface area (Å²) in [6, 6.07) is 5.16. The van der Waals surface area contributed by atoms with Crippen molar-refractivity contribution >= 4 is 5.91 Å². The molecule has 0 saturated heterocycles. The van der Waals surface area contributed by atoms with Crippen LogP contribution in [-0.4, -0.2) is 48.9 Å². The van der Waals surface area contributed by atoms with Crippen molar-refractivity contribution in [1.29, 1.82) is 0 Å². The zero-order valence-electron chi connectivity index (χ0n) is 14.7. The molecule has 0 fully saturated rings. The second-order valence-electron chi connectivity index (χ2n) is 5.58. The minimum absolute atomic E-state index is 0.0349. The van der Waals surface area contributed by atoms with E-state index in [4.69, 9.17) is 9.47 Å². The Morgan fingerprint density at radius 3 is 2.38 bits per heavy atom. The molecule has 0 bridgehead atoms. The Balaban J connectivity index is 2.16. The Morgan fingerprint density at radius 1 is 1.29 bits per heavy atom. The van der Waals surface area contributed by atoms with Crippen LogP contribution in [-0.2, 0) is 18.4 Å². The van der Waals surface area contributed by atoms with Crippen molar-refractivity contribution in [2.45, 2.75) is 12.6 Å². The molecular weight excluding hydrogens is 308 g/mol. The third kappa shape index (κ3) is 4.05. The molecule has 0 aliphatic heterocycles. The van der Waals surface area contributed by atoms with Crippen molar-refractivity contribution in [3.63, 3.8) is 0 Å². The predicted octanol–water partition coefficient (Wildman–Crippen LogP) is 1.36. The van der Waals surface area contributed by atoms with Gasteiger partial charge in [-0.15, -0.1) is 0 Å². The van der Waals surface area contributed by atoms with E-state index in [0.717, 1.165) is 11.1 Å². The SMILES string of the molecule is CNC(C(=O)N(C)Cc1cc(OC)cc(OC)c1)c1cnn(C)c1. The van der Waals surface area contributed by atoms with Crippen molar-refractivity contribution < 1.29 is 14.3 Å². The molecule has 0 aliphatic carbocycles. The lowest BCUT2D eigenvalue weighted by molar-refractivity contribution is -0.132. The molecule has 0 radical (unpaired) electrons. The number of benzene rings is 1. The predicted molar refractivity (Wildman–Crippen MR) is 91.0 cm³/mol. The molecule has 24 heavy (non-hydrogen) atoms. The van der Waals surface area contributed by atoms with Crippen molar-refractivity contribution in [2.24, 2.45) is 7.05 Å². The summed E-state index contributed by atoms with van der Waals surface area (Å²) in [5.41, 5.74) is 1.77. The Bertz CT molecular complexity index is 677. The van der Waals surface area contributed by atoms with Crippen LogP contribution in [0.3, 0.4) is 0 Å². The van der Waals surface area contributed by atoms with Gasteiger partial charge in [0.25, 0.3) is 0 Å². The summed E-state index contributed by atoms with van der Waals surface area (Å²) in [5.74, 6) is 1.36. The van der Waals surface area contributed by atoms with Gasteiger partial charge in [0.1, 0.15) is 17.5 Å². The third-order valence-corrected chi connectivity index (χ3v) is 3.80. The summed E-state index contributed by atoms with van der Waals surface area (Å²) in [6.07, 6.45) is 3.53. The molecule has 130 valence electrons. The molecule has 0 spiro atoms. The van der Waals surface area contributed by atoms with Crippen molar-refractivity contribution in [2.75, 3.05) is 28.3 Å². The summed E-state index contributed by atoms with van der Waals surface area (Å²) < 4.78 is 12.2. The van der Waals surface area contributed by atoms with Crippen LogP contribution in [0.1, 0.15) is 17.2 Å². The molecule has 2 rings (SSSR count). The number of carbonyl (C=O) groups excluding carboxylic acids is 1. The zero-order valence-corrected chi connectivity index (χ0v) is 14.7. The van der Waals surface area contributed by atoms with E-state index in [1.165, 1.54) is 0 Å². The van der Waals surface area contributed by atoms with E-state index in [0.29, 0.717) is 18.0 Å². The molecule has 0 saturated carbocycles. The maximum Gasteiger partial charge on any atom is 0.244 e. The number of hydrogen-bond donors (Lipinski definition) is 1. The maximum absolute atomic E-state index is 12.8. The standard InChI is InChI=1S/C17H24N4O3/c1-18-16(13-9-19-21(3)11-13)17(22)20(2)10-12-6-14(23-4)8-15(7-12)24-5/h6-9,11,16,18H,10H2,1-5H3. The summed E-state index contributed by atoms with van der Waals surface area (Å²) >= 11 is 0. The molecule has 1 unspecified atom stereocenters. The fourth-order valence-electron chi connectivity index (χ4n) is 2.55. The van der Waals surface area contributed by atoms with Crippen LogP contribution in [0.4, 0.5) is 0 Å². The molecule has 1 aromatic heterocycles. The highest BCUT2D eigenvalue weighted by Gasteiger charge is 2.23. The topological polar surface area (TPSA) is 68.6 Å². The van der Waals surface area contributed by atoms with Gasteiger partial charge in [0.05, 0.1) is 20.4 Å².